The fourth-order valence-electron chi connectivity index (χ4n) is 6.11. The van der Waals surface area contributed by atoms with Gasteiger partial charge in [-0.3, -0.25) is 19.1 Å². The van der Waals surface area contributed by atoms with Crippen LogP contribution in [0.25, 0.3) is 22.0 Å². The molecule has 0 spiro atoms. The van der Waals surface area contributed by atoms with Crippen molar-refractivity contribution in [2.75, 3.05) is 25.0 Å². The molecule has 1 aromatic carbocycles. The van der Waals surface area contributed by atoms with E-state index in [4.69, 9.17) is 0 Å². The number of Topliss-reactive ketones (excluding diaryl/α,β-unsaturated/α-hetero) is 1. The number of anilines is 1. The molecule has 1 aliphatic heterocycles. The fourth-order valence-corrected chi connectivity index (χ4v) is 6.42. The summed E-state index contributed by atoms with van der Waals surface area (Å²) in [5.74, 6) is 0.406. The van der Waals surface area contributed by atoms with Crippen LogP contribution in [0.3, 0.4) is 0 Å². The van der Waals surface area contributed by atoms with Crippen molar-refractivity contribution in [2.45, 2.75) is 67.0 Å². The maximum atomic E-state index is 14.2. The lowest BCUT2D eigenvalue weighted by atomic mass is 9.82. The summed E-state index contributed by atoms with van der Waals surface area (Å²) < 4.78 is 2.21. The van der Waals surface area contributed by atoms with Crippen LogP contribution in [0.4, 0.5) is 5.82 Å². The Labute approximate surface area is 271 Å². The first-order valence-corrected chi connectivity index (χ1v) is 16.0. The average Bonchev–Trinajstić information content (AvgIpc) is 3.58. The highest BCUT2D eigenvalue weighted by Gasteiger charge is 2.47. The predicted molar refractivity (Wildman–Crippen MR) is 177 cm³/mol. The number of carbonyl (C=O) groups is 3. The van der Waals surface area contributed by atoms with E-state index in [1.54, 1.807) is 22.0 Å². The Morgan fingerprint density at radius 3 is 2.44 bits per heavy atom. The summed E-state index contributed by atoms with van der Waals surface area (Å²) in [6, 6.07) is 6.89. The number of aryl methyl sites for hydroxylation is 3. The van der Waals surface area contributed by atoms with Crippen LogP contribution in [0.2, 0.25) is 0 Å². The number of aromatic nitrogens is 5. The molecule has 4 heterocycles. The van der Waals surface area contributed by atoms with Gasteiger partial charge >= 0.3 is 0 Å². The predicted octanol–water partition coefficient (Wildman–Crippen LogP) is 5.02. The van der Waals surface area contributed by atoms with Gasteiger partial charge in [0, 0.05) is 48.8 Å². The number of benzene rings is 1. The highest BCUT2D eigenvalue weighted by Crippen LogP contribution is 2.39. The molecule has 4 aromatic rings. The molecule has 5 rings (SSSR count). The Hall–Kier alpha value is -4.03. The topological polar surface area (TPSA) is 135 Å². The van der Waals surface area contributed by atoms with Gasteiger partial charge in [-0.2, -0.15) is 5.10 Å². The van der Waals surface area contributed by atoms with E-state index in [0.29, 0.717) is 46.7 Å². The lowest BCUT2D eigenvalue weighted by Gasteiger charge is -2.28. The molecule has 2 amide bonds. The van der Waals surface area contributed by atoms with Crippen LogP contribution in [0, 0.1) is 26.2 Å². The monoisotopic (exact) mass is 674 g/mol. The second kappa shape index (κ2) is 13.1. The van der Waals surface area contributed by atoms with Crippen molar-refractivity contribution < 1.29 is 14.4 Å². The number of amides is 2. The van der Waals surface area contributed by atoms with E-state index in [0.717, 1.165) is 35.2 Å². The number of halogens is 1. The summed E-state index contributed by atoms with van der Waals surface area (Å²) in [7, 11) is 0. The molecule has 0 unspecified atom stereocenters. The zero-order chi connectivity index (χ0) is 32.5. The van der Waals surface area contributed by atoms with Crippen LogP contribution in [0.15, 0.2) is 41.3 Å². The number of nitrogens with one attached hydrogen (secondary N) is 2. The number of nitrogens with zero attached hydrogens (tertiary/aromatic N) is 6. The number of pyridine rings is 1. The second-order valence-corrected chi connectivity index (χ2v) is 12.7. The van der Waals surface area contributed by atoms with Gasteiger partial charge in [0.2, 0.25) is 11.8 Å². The number of hydrogen-bond acceptors (Lipinski definition) is 8. The molecule has 0 radical (unpaired) electrons. The smallest absolute Gasteiger partial charge is 0.248 e. The summed E-state index contributed by atoms with van der Waals surface area (Å²) in [5.41, 5.74) is 4.08. The molecule has 1 fully saturated rings. The summed E-state index contributed by atoms with van der Waals surface area (Å²) >= 11 is 3.38. The van der Waals surface area contributed by atoms with Crippen LogP contribution in [0.1, 0.15) is 61.1 Å². The first-order chi connectivity index (χ1) is 21.4. The highest BCUT2D eigenvalue weighted by molar-refractivity contribution is 9.10. The number of likely N-dealkylation sites (tertiary alicyclic amines) is 1. The summed E-state index contributed by atoms with van der Waals surface area (Å²) in [5, 5.41) is 11.7. The second-order valence-electron chi connectivity index (χ2n) is 11.9. The van der Waals surface area contributed by atoms with Crippen molar-refractivity contribution >= 4 is 50.2 Å². The van der Waals surface area contributed by atoms with Crippen LogP contribution >= 0.6 is 15.9 Å². The molecule has 11 nitrogen and oxygen atoms in total. The van der Waals surface area contributed by atoms with Crippen molar-refractivity contribution in [3.63, 3.8) is 0 Å². The number of rotatable bonds is 10. The third-order valence-corrected chi connectivity index (χ3v) is 9.14. The van der Waals surface area contributed by atoms with E-state index in [9.17, 15) is 14.4 Å². The van der Waals surface area contributed by atoms with Gasteiger partial charge < -0.3 is 15.5 Å². The summed E-state index contributed by atoms with van der Waals surface area (Å²) in [6.07, 6.45) is 4.81. The van der Waals surface area contributed by atoms with E-state index in [2.05, 4.69) is 53.5 Å². The van der Waals surface area contributed by atoms with Crippen molar-refractivity contribution in [1.29, 1.82) is 0 Å². The van der Waals surface area contributed by atoms with Crippen molar-refractivity contribution in [2.24, 2.45) is 5.41 Å². The zero-order valence-electron chi connectivity index (χ0n) is 26.6. The van der Waals surface area contributed by atoms with Gasteiger partial charge in [-0.25, -0.2) is 15.0 Å². The SMILES string of the molecule is CCNC[C@@]1(CC)C[C@@H](C(=O)Nc2nc(Br)ccc2C)N(C(=O)Cn2nc(C(C)=O)c3cc(-c4cnc(C)nc4)cc(C)c32)C1. The van der Waals surface area contributed by atoms with Crippen molar-refractivity contribution in [3.8, 4) is 11.1 Å². The highest BCUT2D eigenvalue weighted by atomic mass is 79.9. The van der Waals surface area contributed by atoms with Crippen LogP contribution in [-0.4, -0.2) is 72.9 Å². The summed E-state index contributed by atoms with van der Waals surface area (Å²) in [6.45, 7) is 13.0. The standard InChI is InChI=1S/C33H39BrN8O3/c1-7-33(17-35-8-2)13-26(32(45)39-31-19(3)9-10-27(34)38-31)41(18-33)28(44)16-42-30-20(4)11-23(24-14-36-22(6)37-15-24)12-25(30)29(40-42)21(5)43/h9-12,14-15,26,35H,7-8,13,16-18H2,1-6H3,(H,38,39,45)/t26-,33+/m0/s1. The summed E-state index contributed by atoms with van der Waals surface area (Å²) in [4.78, 5) is 55.5. The van der Waals surface area contributed by atoms with Crippen LogP contribution < -0.4 is 10.6 Å². The quantitative estimate of drug-likeness (QED) is 0.177. The molecule has 45 heavy (non-hydrogen) atoms. The molecular formula is C33H39BrN8O3. The molecular weight excluding hydrogens is 636 g/mol. The van der Waals surface area contributed by atoms with E-state index in [1.807, 2.05) is 52.0 Å². The minimum Gasteiger partial charge on any atom is -0.328 e. The molecule has 1 saturated heterocycles. The van der Waals surface area contributed by atoms with Gasteiger partial charge in [0.15, 0.2) is 5.78 Å². The lowest BCUT2D eigenvalue weighted by molar-refractivity contribution is -0.137. The Morgan fingerprint density at radius 2 is 1.78 bits per heavy atom. The first-order valence-electron chi connectivity index (χ1n) is 15.2. The van der Waals surface area contributed by atoms with Gasteiger partial charge in [0.25, 0.3) is 0 Å². The maximum absolute atomic E-state index is 14.2. The van der Waals surface area contributed by atoms with Crippen LogP contribution in [-0.2, 0) is 16.1 Å². The molecule has 0 aliphatic carbocycles. The molecule has 1 aliphatic rings. The van der Waals surface area contributed by atoms with Crippen LogP contribution in [0.5, 0.6) is 0 Å². The van der Waals surface area contributed by atoms with Crippen molar-refractivity contribution in [1.82, 2.24) is 34.9 Å². The zero-order valence-corrected chi connectivity index (χ0v) is 28.2. The van der Waals surface area contributed by atoms with E-state index in [-0.39, 0.29) is 35.3 Å². The number of carbonyl (C=O) groups excluding carboxylic acids is 3. The van der Waals surface area contributed by atoms with Gasteiger partial charge in [0.05, 0.1) is 5.52 Å². The third kappa shape index (κ3) is 6.67. The average molecular weight is 676 g/mol. The van der Waals surface area contributed by atoms with E-state index < -0.39 is 6.04 Å². The van der Waals surface area contributed by atoms with Crippen molar-refractivity contribution in [3.05, 3.63) is 63.9 Å². The Balaban J connectivity index is 1.50. The largest absolute Gasteiger partial charge is 0.328 e. The number of ketones is 1. The molecule has 0 saturated carbocycles. The van der Waals surface area contributed by atoms with Gasteiger partial charge in [0.1, 0.15) is 34.5 Å². The third-order valence-electron chi connectivity index (χ3n) is 8.70. The molecule has 12 heteroatoms. The minimum absolute atomic E-state index is 0.115. The van der Waals surface area contributed by atoms with Gasteiger partial charge in [-0.1, -0.05) is 19.9 Å². The molecule has 2 N–H and O–H groups in total. The molecule has 0 bridgehead atoms. The minimum atomic E-state index is -0.695. The first kappa shape index (κ1) is 32.4. The van der Waals surface area contributed by atoms with Gasteiger partial charge in [-0.05, 0) is 91.0 Å². The normalized spacial score (nSPS) is 18.0. The Kier molecular flexibility index (Phi) is 9.45. The number of hydrogen-bond donors (Lipinski definition) is 2. The maximum Gasteiger partial charge on any atom is 0.248 e. The molecule has 236 valence electrons. The van der Waals surface area contributed by atoms with E-state index in [1.165, 1.54) is 6.92 Å². The number of fused-ring (bicyclic) bond motifs is 1. The fraction of sp³-hybridized carbons (Fsp3) is 0.424. The molecule has 2 atom stereocenters. The lowest BCUT2D eigenvalue weighted by Crippen LogP contribution is -2.45. The van der Waals surface area contributed by atoms with E-state index >= 15 is 0 Å². The Bertz CT molecular complexity index is 1770. The Morgan fingerprint density at radius 1 is 1.04 bits per heavy atom. The molecule has 3 aromatic heterocycles. The van der Waals surface area contributed by atoms with Gasteiger partial charge in [-0.15, -0.1) is 0 Å².